The first-order valence-corrected chi connectivity index (χ1v) is 14.4. The quantitative estimate of drug-likeness (QED) is 0.226. The summed E-state index contributed by atoms with van der Waals surface area (Å²) in [6.07, 6.45) is 2.81. The summed E-state index contributed by atoms with van der Waals surface area (Å²) in [4.78, 5) is 2.29. The van der Waals surface area contributed by atoms with Crippen LogP contribution in [0.5, 0.6) is 46.0 Å². The van der Waals surface area contributed by atoms with Gasteiger partial charge in [0, 0.05) is 24.2 Å². The monoisotopic (exact) mass is 566 g/mol. The molecule has 8 nitrogen and oxygen atoms in total. The van der Waals surface area contributed by atoms with Gasteiger partial charge in [-0.05, 0) is 110 Å². The van der Waals surface area contributed by atoms with Crippen LogP contribution in [0.15, 0.2) is 60.7 Å². The number of hydrogen-bond acceptors (Lipinski definition) is 8. The van der Waals surface area contributed by atoms with Gasteiger partial charge in [-0.2, -0.15) is 0 Å². The average molecular weight is 567 g/mol. The first kappa shape index (κ1) is 26.5. The van der Waals surface area contributed by atoms with Crippen LogP contribution < -0.4 is 19.5 Å². The van der Waals surface area contributed by atoms with Gasteiger partial charge in [0.1, 0.15) is 5.75 Å². The van der Waals surface area contributed by atoms with Gasteiger partial charge in [0.25, 0.3) is 0 Å². The summed E-state index contributed by atoms with van der Waals surface area (Å²) in [6, 6.07) is 18.9. The molecule has 4 aliphatic rings. The molecule has 2 atom stereocenters. The average Bonchev–Trinajstić information content (AvgIpc) is 2.99. The van der Waals surface area contributed by atoms with Crippen molar-refractivity contribution in [1.29, 1.82) is 0 Å². The lowest BCUT2D eigenvalue weighted by Crippen LogP contribution is -2.33. The molecule has 4 N–H and O–H groups in total. The number of aromatic hydroxyl groups is 3. The van der Waals surface area contributed by atoms with Crippen LogP contribution in [0.4, 0.5) is 0 Å². The molecule has 0 radical (unpaired) electrons. The third kappa shape index (κ3) is 4.66. The van der Waals surface area contributed by atoms with Gasteiger partial charge in [-0.1, -0.05) is 18.2 Å². The predicted molar refractivity (Wildman–Crippen MR) is 158 cm³/mol. The number of phenolic OH excluding ortho intramolecular Hbond substituents is 3. The number of nitrogens with zero attached hydrogens (tertiary/aromatic N) is 1. The molecule has 4 aromatic rings. The normalized spacial score (nSPS) is 19.6. The van der Waals surface area contributed by atoms with Crippen molar-refractivity contribution in [2.75, 3.05) is 27.2 Å². The molecule has 0 spiro atoms. The number of hydrogen-bond donors (Lipinski definition) is 4. The van der Waals surface area contributed by atoms with E-state index in [0.717, 1.165) is 46.3 Å². The summed E-state index contributed by atoms with van der Waals surface area (Å²) in [6.45, 7) is 1.54. The van der Waals surface area contributed by atoms with E-state index in [0.29, 0.717) is 48.8 Å². The van der Waals surface area contributed by atoms with E-state index in [4.69, 9.17) is 14.2 Å². The maximum Gasteiger partial charge on any atom is 0.201 e. The Balaban J connectivity index is 1.42. The minimum Gasteiger partial charge on any atom is -0.504 e. The van der Waals surface area contributed by atoms with Crippen LogP contribution in [0.2, 0.25) is 0 Å². The summed E-state index contributed by atoms with van der Waals surface area (Å²) in [5.74, 6) is 2.01. The van der Waals surface area contributed by atoms with Crippen molar-refractivity contribution in [3.8, 4) is 46.0 Å². The molecule has 4 aromatic carbocycles. The van der Waals surface area contributed by atoms with Gasteiger partial charge in [0.2, 0.25) is 5.75 Å². The third-order valence-electron chi connectivity index (χ3n) is 8.82. The van der Waals surface area contributed by atoms with Crippen LogP contribution in [0.25, 0.3) is 0 Å². The van der Waals surface area contributed by atoms with Crippen molar-refractivity contribution in [2.45, 2.75) is 37.8 Å². The zero-order valence-corrected chi connectivity index (χ0v) is 23.7. The molecule has 42 heavy (non-hydrogen) atoms. The zero-order chi connectivity index (χ0) is 29.0. The van der Waals surface area contributed by atoms with Crippen LogP contribution in [-0.2, 0) is 25.7 Å². The highest BCUT2D eigenvalue weighted by molar-refractivity contribution is 5.62. The van der Waals surface area contributed by atoms with Crippen molar-refractivity contribution in [2.24, 2.45) is 0 Å². The Hall–Kier alpha value is -4.40. The predicted octanol–water partition coefficient (Wildman–Crippen LogP) is 5.91. The molecule has 8 heteroatoms. The van der Waals surface area contributed by atoms with Crippen molar-refractivity contribution in [3.05, 3.63) is 94.0 Å². The van der Waals surface area contributed by atoms with Gasteiger partial charge in [0.05, 0.1) is 7.11 Å². The second-order valence-corrected chi connectivity index (χ2v) is 11.4. The van der Waals surface area contributed by atoms with Gasteiger partial charge >= 0.3 is 0 Å². The molecule has 0 unspecified atom stereocenters. The lowest BCUT2D eigenvalue weighted by molar-refractivity contribution is 0.228. The van der Waals surface area contributed by atoms with Crippen LogP contribution in [0.1, 0.15) is 45.5 Å². The zero-order valence-electron chi connectivity index (χ0n) is 23.7. The van der Waals surface area contributed by atoms with E-state index in [1.807, 2.05) is 48.5 Å². The topological polar surface area (TPSA) is 104 Å². The van der Waals surface area contributed by atoms with E-state index >= 15 is 0 Å². The molecule has 0 saturated heterocycles. The van der Waals surface area contributed by atoms with E-state index in [2.05, 4.69) is 17.3 Å². The lowest BCUT2D eigenvalue weighted by atomic mass is 9.88. The Morgan fingerprint density at radius 1 is 0.833 bits per heavy atom. The van der Waals surface area contributed by atoms with Gasteiger partial charge in [-0.3, -0.25) is 4.90 Å². The molecule has 0 saturated carbocycles. The largest absolute Gasteiger partial charge is 0.504 e. The molecular weight excluding hydrogens is 532 g/mol. The molecule has 4 aliphatic heterocycles. The molecular formula is C34H34N2O6. The van der Waals surface area contributed by atoms with Crippen molar-refractivity contribution >= 4 is 0 Å². The number of nitrogens with one attached hydrogen (secondary N) is 1. The number of methoxy groups -OCH3 is 1. The number of phenols is 3. The molecule has 8 rings (SSSR count). The first-order chi connectivity index (χ1) is 20.4. The van der Waals surface area contributed by atoms with Gasteiger partial charge < -0.3 is 34.8 Å². The van der Waals surface area contributed by atoms with Crippen molar-refractivity contribution in [1.82, 2.24) is 10.2 Å². The highest BCUT2D eigenvalue weighted by Gasteiger charge is 2.31. The minimum absolute atomic E-state index is 0.00291. The molecule has 0 aromatic heterocycles. The van der Waals surface area contributed by atoms with Crippen LogP contribution in [-0.4, -0.2) is 47.5 Å². The van der Waals surface area contributed by atoms with Crippen molar-refractivity contribution in [3.63, 3.8) is 0 Å². The third-order valence-corrected chi connectivity index (χ3v) is 8.82. The highest BCUT2D eigenvalue weighted by Crippen LogP contribution is 2.49. The fourth-order valence-corrected chi connectivity index (χ4v) is 6.53. The molecule has 216 valence electrons. The number of ether oxygens (including phenoxy) is 3. The minimum atomic E-state index is -0.0771. The SMILES string of the molecule is COc1cc2c3c(c1O)Oc1cc4c(cc1O)CCN(C)[C@H]4Cc1ccc(O)c(c1)Oc1ccc(cc1)C[C@@H]2NCC3. The molecule has 0 amide bonds. The first-order valence-electron chi connectivity index (χ1n) is 14.4. The van der Waals surface area contributed by atoms with Crippen LogP contribution >= 0.6 is 0 Å². The molecule has 0 aliphatic carbocycles. The second kappa shape index (κ2) is 10.5. The summed E-state index contributed by atoms with van der Waals surface area (Å²) in [7, 11) is 3.62. The number of fused-ring (bicyclic) bond motifs is 2. The summed E-state index contributed by atoms with van der Waals surface area (Å²) >= 11 is 0. The standard InChI is InChI=1S/C34H34N2O6/c1-36-12-10-21-16-29(38)31-17-24(21)27(36)14-20-5-8-28(37)30(15-20)41-22-6-3-19(4-7-22)13-26-25-18-32(40-2)33(39)34(42-31)23(25)9-11-35-26/h3-8,15-18,26-27,35,37-39H,9-14H2,1-2H3/t26-,27-/m0/s1. The van der Waals surface area contributed by atoms with E-state index in [-0.39, 0.29) is 35.1 Å². The van der Waals surface area contributed by atoms with Crippen molar-refractivity contribution < 1.29 is 29.5 Å². The Morgan fingerprint density at radius 2 is 1.62 bits per heavy atom. The van der Waals surface area contributed by atoms with Gasteiger partial charge in [-0.15, -0.1) is 0 Å². The van der Waals surface area contributed by atoms with Gasteiger partial charge in [0.15, 0.2) is 34.5 Å². The fourth-order valence-electron chi connectivity index (χ4n) is 6.53. The Morgan fingerprint density at radius 3 is 2.43 bits per heavy atom. The van der Waals surface area contributed by atoms with E-state index < -0.39 is 0 Å². The maximum absolute atomic E-state index is 11.3. The van der Waals surface area contributed by atoms with E-state index in [1.165, 1.54) is 7.11 Å². The molecule has 10 bridgehead atoms. The maximum atomic E-state index is 11.3. The van der Waals surface area contributed by atoms with Crippen LogP contribution in [0, 0.1) is 0 Å². The Bertz CT molecular complexity index is 1670. The Kier molecular flexibility index (Phi) is 6.60. The highest BCUT2D eigenvalue weighted by atomic mass is 16.5. The molecule has 4 heterocycles. The summed E-state index contributed by atoms with van der Waals surface area (Å²) in [5, 5.41) is 36.6. The van der Waals surface area contributed by atoms with Gasteiger partial charge in [-0.25, -0.2) is 0 Å². The van der Waals surface area contributed by atoms with E-state index in [9.17, 15) is 15.3 Å². The fraction of sp³-hybridized carbons (Fsp3) is 0.294. The molecule has 0 fully saturated rings. The lowest BCUT2D eigenvalue weighted by Gasteiger charge is -2.35. The smallest absolute Gasteiger partial charge is 0.201 e. The summed E-state index contributed by atoms with van der Waals surface area (Å²) in [5.41, 5.74) is 6.10. The number of benzene rings is 4. The Labute approximate surface area is 244 Å². The van der Waals surface area contributed by atoms with Crippen LogP contribution in [0.3, 0.4) is 0 Å². The summed E-state index contributed by atoms with van der Waals surface area (Å²) < 4.78 is 18.2. The number of rotatable bonds is 1. The second-order valence-electron chi connectivity index (χ2n) is 11.4. The van der Waals surface area contributed by atoms with E-state index in [1.54, 1.807) is 12.1 Å². The number of likely N-dealkylation sites (N-methyl/N-ethyl adjacent to an activating group) is 1.